The van der Waals surface area contributed by atoms with Crippen LogP contribution in [0.2, 0.25) is 10.0 Å². The highest BCUT2D eigenvalue weighted by molar-refractivity contribution is 6.44. The summed E-state index contributed by atoms with van der Waals surface area (Å²) in [5.41, 5.74) is 0.594. The average molecular weight is 341 g/mol. The van der Waals surface area contributed by atoms with Crippen molar-refractivity contribution in [2.24, 2.45) is 0 Å². The molecule has 2 rings (SSSR count). The van der Waals surface area contributed by atoms with Crippen LogP contribution in [0.25, 0.3) is 0 Å². The molecule has 2 aromatic rings. The van der Waals surface area contributed by atoms with Gasteiger partial charge in [0.15, 0.2) is 0 Å². The van der Waals surface area contributed by atoms with Crippen LogP contribution in [-0.4, -0.2) is 36.1 Å². The fourth-order valence-corrected chi connectivity index (χ4v) is 1.95. The number of methoxy groups -OCH3 is 1. The molecule has 1 amide bonds. The molecule has 0 aliphatic carbocycles. The minimum atomic E-state index is -0.417. The number of amides is 1. The van der Waals surface area contributed by atoms with Crippen LogP contribution < -0.4 is 10.6 Å². The van der Waals surface area contributed by atoms with E-state index >= 15 is 0 Å². The maximum atomic E-state index is 12.1. The minimum Gasteiger partial charge on any atom is -0.383 e. The van der Waals surface area contributed by atoms with Crippen molar-refractivity contribution in [1.82, 2.24) is 9.97 Å². The molecule has 0 radical (unpaired) electrons. The van der Waals surface area contributed by atoms with E-state index in [9.17, 15) is 4.79 Å². The molecule has 0 spiro atoms. The Balaban J connectivity index is 2.02. The predicted octanol–water partition coefficient (Wildman–Crippen LogP) is 3.09. The molecule has 6 nitrogen and oxygen atoms in total. The van der Waals surface area contributed by atoms with Crippen molar-refractivity contribution in [2.75, 3.05) is 30.9 Å². The van der Waals surface area contributed by atoms with Crippen molar-refractivity contribution in [1.29, 1.82) is 0 Å². The number of carbonyl (C=O) groups is 1. The summed E-state index contributed by atoms with van der Waals surface area (Å²) >= 11 is 11.9. The summed E-state index contributed by atoms with van der Waals surface area (Å²) in [4.78, 5) is 20.2. The normalized spacial score (nSPS) is 10.3. The number of carbonyl (C=O) groups excluding carboxylic acids is 1. The fourth-order valence-electron chi connectivity index (χ4n) is 1.60. The summed E-state index contributed by atoms with van der Waals surface area (Å²) in [6, 6.07) is 4.98. The van der Waals surface area contributed by atoms with Gasteiger partial charge in [0, 0.05) is 13.7 Å². The number of benzene rings is 1. The van der Waals surface area contributed by atoms with Gasteiger partial charge < -0.3 is 15.4 Å². The van der Waals surface area contributed by atoms with Crippen LogP contribution in [0.3, 0.4) is 0 Å². The Morgan fingerprint density at radius 2 is 2.09 bits per heavy atom. The third kappa shape index (κ3) is 4.30. The van der Waals surface area contributed by atoms with Gasteiger partial charge in [0.05, 0.1) is 34.7 Å². The molecule has 116 valence electrons. The lowest BCUT2D eigenvalue weighted by atomic mass is 10.3. The third-order valence-electron chi connectivity index (χ3n) is 2.70. The van der Waals surface area contributed by atoms with E-state index in [4.69, 9.17) is 27.9 Å². The van der Waals surface area contributed by atoms with Gasteiger partial charge in [-0.25, -0.2) is 9.97 Å². The number of hydrogen-bond acceptors (Lipinski definition) is 5. The predicted molar refractivity (Wildman–Crippen MR) is 86.8 cm³/mol. The van der Waals surface area contributed by atoms with Gasteiger partial charge in [-0.2, -0.15) is 0 Å². The van der Waals surface area contributed by atoms with Gasteiger partial charge in [-0.1, -0.05) is 29.3 Å². The first kappa shape index (κ1) is 16.5. The van der Waals surface area contributed by atoms with Crippen molar-refractivity contribution in [2.45, 2.75) is 0 Å². The Kier molecular flexibility index (Phi) is 5.94. The molecule has 0 unspecified atom stereocenters. The molecule has 8 heteroatoms. The SMILES string of the molecule is COCCNc1cnc(C(=O)Nc2cccc(Cl)c2Cl)cn1. The molecule has 0 saturated carbocycles. The number of nitrogens with one attached hydrogen (secondary N) is 2. The second-order valence-electron chi connectivity index (χ2n) is 4.26. The summed E-state index contributed by atoms with van der Waals surface area (Å²) in [6.07, 6.45) is 2.85. The van der Waals surface area contributed by atoms with E-state index in [-0.39, 0.29) is 10.7 Å². The molecule has 2 N–H and O–H groups in total. The summed E-state index contributed by atoms with van der Waals surface area (Å²) in [5.74, 6) is 0.148. The van der Waals surface area contributed by atoms with Gasteiger partial charge >= 0.3 is 0 Å². The van der Waals surface area contributed by atoms with Gasteiger partial charge in [-0.3, -0.25) is 4.79 Å². The van der Waals surface area contributed by atoms with Crippen LogP contribution in [0.15, 0.2) is 30.6 Å². The highest BCUT2D eigenvalue weighted by Crippen LogP contribution is 2.29. The van der Waals surface area contributed by atoms with Crippen LogP contribution in [0, 0.1) is 0 Å². The Morgan fingerprint density at radius 1 is 1.27 bits per heavy atom. The van der Waals surface area contributed by atoms with Gasteiger partial charge in [0.25, 0.3) is 5.91 Å². The van der Waals surface area contributed by atoms with Crippen LogP contribution in [0.5, 0.6) is 0 Å². The summed E-state index contributed by atoms with van der Waals surface area (Å²) in [7, 11) is 1.61. The lowest BCUT2D eigenvalue weighted by Crippen LogP contribution is -2.15. The zero-order valence-electron chi connectivity index (χ0n) is 11.8. The molecule has 1 heterocycles. The van der Waals surface area contributed by atoms with E-state index in [1.807, 2.05) is 0 Å². The Hall–Kier alpha value is -1.89. The number of rotatable bonds is 6. The number of aromatic nitrogens is 2. The lowest BCUT2D eigenvalue weighted by molar-refractivity contribution is 0.102. The van der Waals surface area contributed by atoms with Crippen molar-refractivity contribution in [3.63, 3.8) is 0 Å². The fraction of sp³-hybridized carbons (Fsp3) is 0.214. The number of nitrogens with zero attached hydrogens (tertiary/aromatic N) is 2. The van der Waals surface area contributed by atoms with E-state index in [2.05, 4.69) is 20.6 Å². The summed E-state index contributed by atoms with van der Waals surface area (Å²) in [6.45, 7) is 1.16. The largest absolute Gasteiger partial charge is 0.383 e. The van der Waals surface area contributed by atoms with Crippen molar-refractivity contribution in [3.8, 4) is 0 Å². The quantitative estimate of drug-likeness (QED) is 0.790. The molecular formula is C14H14Cl2N4O2. The van der Waals surface area contributed by atoms with Crippen LogP contribution in [-0.2, 0) is 4.74 Å². The van der Waals surface area contributed by atoms with E-state index in [0.717, 1.165) is 0 Å². The van der Waals surface area contributed by atoms with Crippen LogP contribution >= 0.6 is 23.2 Å². The lowest BCUT2D eigenvalue weighted by Gasteiger charge is -2.08. The monoisotopic (exact) mass is 340 g/mol. The number of hydrogen-bond donors (Lipinski definition) is 2. The zero-order chi connectivity index (χ0) is 15.9. The molecule has 0 aliphatic rings. The molecular weight excluding hydrogens is 327 g/mol. The van der Waals surface area contributed by atoms with E-state index in [0.29, 0.717) is 29.7 Å². The highest BCUT2D eigenvalue weighted by Gasteiger charge is 2.11. The van der Waals surface area contributed by atoms with Gasteiger partial charge in [0.1, 0.15) is 11.5 Å². The first-order valence-electron chi connectivity index (χ1n) is 6.42. The smallest absolute Gasteiger partial charge is 0.275 e. The molecule has 0 atom stereocenters. The summed E-state index contributed by atoms with van der Waals surface area (Å²) in [5, 5.41) is 6.29. The zero-order valence-corrected chi connectivity index (χ0v) is 13.3. The van der Waals surface area contributed by atoms with Crippen LogP contribution in [0.1, 0.15) is 10.5 Å². The first-order valence-corrected chi connectivity index (χ1v) is 7.17. The second-order valence-corrected chi connectivity index (χ2v) is 5.05. The van der Waals surface area contributed by atoms with Gasteiger partial charge in [0.2, 0.25) is 0 Å². The average Bonchev–Trinajstić information content (AvgIpc) is 2.53. The maximum Gasteiger partial charge on any atom is 0.275 e. The minimum absolute atomic E-state index is 0.174. The Bertz CT molecular complexity index is 650. The van der Waals surface area contributed by atoms with Crippen molar-refractivity contribution in [3.05, 3.63) is 46.3 Å². The molecule has 0 aliphatic heterocycles. The maximum absolute atomic E-state index is 12.1. The van der Waals surface area contributed by atoms with E-state index in [1.165, 1.54) is 12.4 Å². The number of ether oxygens (including phenoxy) is 1. The van der Waals surface area contributed by atoms with Crippen molar-refractivity contribution >= 4 is 40.6 Å². The molecule has 1 aromatic heterocycles. The molecule has 22 heavy (non-hydrogen) atoms. The topological polar surface area (TPSA) is 76.1 Å². The standard InChI is InChI=1S/C14H14Cl2N4O2/c1-22-6-5-17-12-8-18-11(7-19-12)14(21)20-10-4-2-3-9(15)13(10)16/h2-4,7-8H,5-6H2,1H3,(H,17,19)(H,20,21). The number of anilines is 2. The molecule has 0 bridgehead atoms. The highest BCUT2D eigenvalue weighted by atomic mass is 35.5. The Labute approximate surface area is 137 Å². The molecule has 0 fully saturated rings. The Morgan fingerprint density at radius 3 is 2.77 bits per heavy atom. The van der Waals surface area contributed by atoms with Gasteiger partial charge in [-0.15, -0.1) is 0 Å². The van der Waals surface area contributed by atoms with E-state index < -0.39 is 5.91 Å². The van der Waals surface area contributed by atoms with E-state index in [1.54, 1.807) is 25.3 Å². The second kappa shape index (κ2) is 7.93. The van der Waals surface area contributed by atoms with Gasteiger partial charge in [-0.05, 0) is 12.1 Å². The molecule has 1 aromatic carbocycles. The summed E-state index contributed by atoms with van der Waals surface area (Å²) < 4.78 is 4.91. The molecule has 0 saturated heterocycles. The first-order chi connectivity index (χ1) is 10.6. The van der Waals surface area contributed by atoms with Crippen LogP contribution in [0.4, 0.5) is 11.5 Å². The van der Waals surface area contributed by atoms with Crippen molar-refractivity contribution < 1.29 is 9.53 Å². The third-order valence-corrected chi connectivity index (χ3v) is 3.52. The number of halogens is 2.